The molecular formula is C16H15FN4O2S. The number of halogens is 1. The van der Waals surface area contributed by atoms with E-state index >= 15 is 0 Å². The van der Waals surface area contributed by atoms with Crippen LogP contribution in [0.2, 0.25) is 0 Å². The van der Waals surface area contributed by atoms with Crippen LogP contribution < -0.4 is 0 Å². The van der Waals surface area contributed by atoms with Crippen molar-refractivity contribution >= 4 is 15.7 Å². The van der Waals surface area contributed by atoms with Gasteiger partial charge in [-0.1, -0.05) is 6.07 Å². The molecule has 1 fully saturated rings. The molecule has 0 N–H and O–H groups in total. The van der Waals surface area contributed by atoms with Crippen molar-refractivity contribution in [2.45, 2.75) is 17.7 Å². The Kier molecular flexibility index (Phi) is 3.40. The molecule has 3 aromatic rings. The van der Waals surface area contributed by atoms with E-state index in [9.17, 15) is 12.8 Å². The normalized spacial score (nSPS) is 16.4. The summed E-state index contributed by atoms with van der Waals surface area (Å²) in [6.07, 6.45) is 1.87. The van der Waals surface area contributed by atoms with Gasteiger partial charge in [0.15, 0.2) is 5.65 Å². The van der Waals surface area contributed by atoms with Gasteiger partial charge in [0.2, 0.25) is 10.0 Å². The first-order valence-corrected chi connectivity index (χ1v) is 8.97. The van der Waals surface area contributed by atoms with E-state index in [4.69, 9.17) is 0 Å². The number of sulfonamides is 1. The highest BCUT2D eigenvalue weighted by atomic mass is 32.2. The van der Waals surface area contributed by atoms with Crippen molar-refractivity contribution in [3.8, 4) is 0 Å². The van der Waals surface area contributed by atoms with Crippen LogP contribution in [0.1, 0.15) is 17.3 Å². The molecule has 0 spiro atoms. The number of rotatable bonds is 3. The minimum absolute atomic E-state index is 0.00118. The maximum absolute atomic E-state index is 13.4. The summed E-state index contributed by atoms with van der Waals surface area (Å²) in [7, 11) is -3.61. The van der Waals surface area contributed by atoms with E-state index in [-0.39, 0.29) is 10.8 Å². The van der Waals surface area contributed by atoms with E-state index in [0.717, 1.165) is 11.5 Å². The van der Waals surface area contributed by atoms with E-state index in [0.29, 0.717) is 18.7 Å². The molecule has 4 rings (SSSR count). The molecule has 0 unspecified atom stereocenters. The molecule has 1 aliphatic rings. The fraction of sp³-hybridized carbons (Fsp3) is 0.250. The summed E-state index contributed by atoms with van der Waals surface area (Å²) in [6, 6.07) is 9.47. The van der Waals surface area contributed by atoms with Gasteiger partial charge in [-0.2, -0.15) is 4.31 Å². The number of hydrogen-bond donors (Lipinski definition) is 0. The van der Waals surface area contributed by atoms with Crippen molar-refractivity contribution in [3.63, 3.8) is 0 Å². The highest BCUT2D eigenvalue weighted by Crippen LogP contribution is 2.31. The Bertz CT molecular complexity index is 1030. The minimum atomic E-state index is -3.61. The highest BCUT2D eigenvalue weighted by molar-refractivity contribution is 7.89. The highest BCUT2D eigenvalue weighted by Gasteiger charge is 2.39. The topological polar surface area (TPSA) is 67.6 Å². The zero-order chi connectivity index (χ0) is 16.9. The van der Waals surface area contributed by atoms with Gasteiger partial charge in [0.1, 0.15) is 11.6 Å². The van der Waals surface area contributed by atoms with Gasteiger partial charge in [0.05, 0.1) is 4.90 Å². The molecule has 1 aliphatic heterocycles. The van der Waals surface area contributed by atoms with Gasteiger partial charge in [-0.25, -0.2) is 12.8 Å². The lowest BCUT2D eigenvalue weighted by molar-refractivity contribution is 0.255. The standard InChI is InChI=1S/C16H15FN4O2S/c1-11-8-13(5-6-14(11)17)24(22,23)20-9-12(10-20)16-19-18-15-4-2-3-7-21(15)16/h2-8,12H,9-10H2,1H3. The molecule has 6 nitrogen and oxygen atoms in total. The SMILES string of the molecule is Cc1cc(S(=O)(=O)N2CC(c3nnc4ccccn34)C2)ccc1F. The van der Waals surface area contributed by atoms with Crippen molar-refractivity contribution < 1.29 is 12.8 Å². The maximum atomic E-state index is 13.4. The third-order valence-electron chi connectivity index (χ3n) is 4.32. The van der Waals surface area contributed by atoms with Gasteiger partial charge in [-0.3, -0.25) is 4.40 Å². The molecule has 124 valence electrons. The Morgan fingerprint density at radius 1 is 1.17 bits per heavy atom. The second-order valence-corrected chi connectivity index (χ2v) is 7.85. The van der Waals surface area contributed by atoms with Crippen molar-refractivity contribution in [1.29, 1.82) is 0 Å². The Labute approximate surface area is 138 Å². The van der Waals surface area contributed by atoms with E-state index in [2.05, 4.69) is 10.2 Å². The first-order valence-electron chi connectivity index (χ1n) is 7.53. The molecular weight excluding hydrogens is 331 g/mol. The van der Waals surface area contributed by atoms with Crippen molar-refractivity contribution in [2.75, 3.05) is 13.1 Å². The predicted octanol–water partition coefficient (Wildman–Crippen LogP) is 1.96. The molecule has 0 radical (unpaired) electrons. The number of nitrogens with zero attached hydrogens (tertiary/aromatic N) is 4. The Morgan fingerprint density at radius 2 is 1.96 bits per heavy atom. The number of fused-ring (bicyclic) bond motifs is 1. The minimum Gasteiger partial charge on any atom is -0.286 e. The fourth-order valence-corrected chi connectivity index (χ4v) is 4.48. The van der Waals surface area contributed by atoms with Crippen LogP contribution in [0, 0.1) is 12.7 Å². The maximum Gasteiger partial charge on any atom is 0.243 e. The molecule has 2 aromatic heterocycles. The Hall–Kier alpha value is -2.32. The summed E-state index contributed by atoms with van der Waals surface area (Å²) < 4.78 is 41.8. The Morgan fingerprint density at radius 3 is 2.71 bits per heavy atom. The van der Waals surface area contributed by atoms with Crippen LogP contribution in [0.15, 0.2) is 47.5 Å². The molecule has 24 heavy (non-hydrogen) atoms. The zero-order valence-electron chi connectivity index (χ0n) is 12.9. The number of aromatic nitrogens is 3. The molecule has 0 bridgehead atoms. The van der Waals surface area contributed by atoms with Crippen molar-refractivity contribution in [3.05, 3.63) is 59.8 Å². The lowest BCUT2D eigenvalue weighted by Crippen LogP contribution is -2.48. The third-order valence-corrected chi connectivity index (χ3v) is 6.15. The molecule has 8 heteroatoms. The van der Waals surface area contributed by atoms with E-state index in [1.807, 2.05) is 28.8 Å². The lowest BCUT2D eigenvalue weighted by Gasteiger charge is -2.37. The molecule has 1 aromatic carbocycles. The first-order chi connectivity index (χ1) is 11.5. The zero-order valence-corrected chi connectivity index (χ0v) is 13.7. The Balaban J connectivity index is 1.57. The number of pyridine rings is 1. The summed E-state index contributed by atoms with van der Waals surface area (Å²) >= 11 is 0. The van der Waals surface area contributed by atoms with Crippen LogP contribution in [0.25, 0.3) is 5.65 Å². The van der Waals surface area contributed by atoms with Crippen LogP contribution in [-0.4, -0.2) is 40.4 Å². The summed E-state index contributed by atoms with van der Waals surface area (Å²) in [5.74, 6) is 0.344. The van der Waals surface area contributed by atoms with Gasteiger partial charge < -0.3 is 0 Å². The third kappa shape index (κ3) is 2.30. The van der Waals surface area contributed by atoms with Crippen molar-refractivity contribution in [2.24, 2.45) is 0 Å². The van der Waals surface area contributed by atoms with E-state index in [1.165, 1.54) is 22.5 Å². The molecule has 0 amide bonds. The summed E-state index contributed by atoms with van der Waals surface area (Å²) in [5.41, 5.74) is 1.06. The van der Waals surface area contributed by atoms with Crippen molar-refractivity contribution in [1.82, 2.24) is 18.9 Å². The van der Waals surface area contributed by atoms with Gasteiger partial charge in [-0.15, -0.1) is 10.2 Å². The quantitative estimate of drug-likeness (QED) is 0.727. The lowest BCUT2D eigenvalue weighted by atomic mass is 10.0. The van der Waals surface area contributed by atoms with Gasteiger partial charge >= 0.3 is 0 Å². The van der Waals surface area contributed by atoms with E-state index < -0.39 is 15.8 Å². The molecule has 0 saturated carbocycles. The molecule has 0 atom stereocenters. The summed E-state index contributed by atoms with van der Waals surface area (Å²) in [6.45, 7) is 2.23. The van der Waals surface area contributed by atoms with Gasteiger partial charge in [-0.05, 0) is 42.8 Å². The average molecular weight is 346 g/mol. The first kappa shape index (κ1) is 15.2. The second-order valence-electron chi connectivity index (χ2n) is 5.92. The fourth-order valence-electron chi connectivity index (χ4n) is 2.86. The number of aryl methyl sites for hydroxylation is 1. The number of benzene rings is 1. The molecule has 0 aliphatic carbocycles. The van der Waals surface area contributed by atoms with Crippen LogP contribution in [0.4, 0.5) is 4.39 Å². The summed E-state index contributed by atoms with van der Waals surface area (Å²) in [5, 5.41) is 8.27. The van der Waals surface area contributed by atoms with Crippen LogP contribution in [-0.2, 0) is 10.0 Å². The van der Waals surface area contributed by atoms with Crippen LogP contribution in [0.5, 0.6) is 0 Å². The second kappa shape index (κ2) is 5.35. The van der Waals surface area contributed by atoms with Gasteiger partial charge in [0.25, 0.3) is 0 Å². The average Bonchev–Trinajstić information content (AvgIpc) is 2.92. The largest absolute Gasteiger partial charge is 0.286 e. The van der Waals surface area contributed by atoms with Crippen LogP contribution in [0.3, 0.4) is 0 Å². The van der Waals surface area contributed by atoms with Crippen LogP contribution >= 0.6 is 0 Å². The molecule has 1 saturated heterocycles. The van der Waals surface area contributed by atoms with E-state index in [1.54, 1.807) is 6.92 Å². The number of hydrogen-bond acceptors (Lipinski definition) is 4. The monoisotopic (exact) mass is 346 g/mol. The molecule has 3 heterocycles. The smallest absolute Gasteiger partial charge is 0.243 e. The predicted molar refractivity (Wildman–Crippen MR) is 85.6 cm³/mol. The van der Waals surface area contributed by atoms with Gasteiger partial charge in [0, 0.05) is 25.2 Å². The summed E-state index contributed by atoms with van der Waals surface area (Å²) in [4.78, 5) is 0.117.